The first-order chi connectivity index (χ1) is 18.6. The average Bonchev–Trinajstić information content (AvgIpc) is 2.91. The first-order valence-electron chi connectivity index (χ1n) is 13.7. The average molecular weight is 568 g/mol. The molecule has 0 fully saturated rings. The number of halogens is 2. The molecular weight excluding hydrogens is 527 g/mol. The van der Waals surface area contributed by atoms with Crippen molar-refractivity contribution in [3.8, 4) is 0 Å². The number of hydrogen-bond acceptors (Lipinski definition) is 2. The van der Waals surface area contributed by atoms with Gasteiger partial charge in [0.05, 0.1) is 10.0 Å². The highest BCUT2D eigenvalue weighted by atomic mass is 35.5. The molecule has 0 aliphatic heterocycles. The van der Waals surface area contributed by atoms with Gasteiger partial charge in [-0.2, -0.15) is 0 Å². The summed E-state index contributed by atoms with van der Waals surface area (Å²) in [7, 11) is 0. The number of hydrogen-bond donors (Lipinski definition) is 1. The lowest BCUT2D eigenvalue weighted by atomic mass is 9.86. The molecule has 3 aromatic rings. The van der Waals surface area contributed by atoms with Gasteiger partial charge in [-0.25, -0.2) is 0 Å². The highest BCUT2D eigenvalue weighted by Crippen LogP contribution is 2.25. The minimum Gasteiger partial charge on any atom is -0.354 e. The van der Waals surface area contributed by atoms with Crippen LogP contribution in [0.4, 0.5) is 0 Å². The number of benzene rings is 3. The fraction of sp³-hybridized carbons (Fsp3) is 0.394. The van der Waals surface area contributed by atoms with Gasteiger partial charge in [0.2, 0.25) is 11.8 Å². The van der Waals surface area contributed by atoms with Crippen LogP contribution in [0.5, 0.6) is 0 Å². The zero-order valence-electron chi connectivity index (χ0n) is 23.5. The van der Waals surface area contributed by atoms with Crippen LogP contribution in [0.15, 0.2) is 72.8 Å². The number of amides is 2. The molecule has 1 atom stereocenters. The lowest BCUT2D eigenvalue weighted by Crippen LogP contribution is -2.50. The maximum atomic E-state index is 13.9. The molecule has 0 saturated heterocycles. The van der Waals surface area contributed by atoms with Crippen LogP contribution in [0.25, 0.3) is 0 Å². The maximum Gasteiger partial charge on any atom is 0.243 e. The van der Waals surface area contributed by atoms with Crippen molar-refractivity contribution in [2.24, 2.45) is 0 Å². The van der Waals surface area contributed by atoms with Crippen molar-refractivity contribution in [3.05, 3.63) is 105 Å². The van der Waals surface area contributed by atoms with Crippen LogP contribution in [0.3, 0.4) is 0 Å². The van der Waals surface area contributed by atoms with E-state index in [9.17, 15) is 9.59 Å². The molecule has 6 heteroatoms. The second kappa shape index (κ2) is 14.5. The Kier molecular flexibility index (Phi) is 11.4. The minimum absolute atomic E-state index is 0.0702. The fourth-order valence-corrected chi connectivity index (χ4v) is 4.78. The third kappa shape index (κ3) is 9.40. The Bertz CT molecular complexity index is 1220. The van der Waals surface area contributed by atoms with Gasteiger partial charge in [0.15, 0.2) is 0 Å². The Morgan fingerprint density at radius 3 is 2.15 bits per heavy atom. The van der Waals surface area contributed by atoms with Gasteiger partial charge in [-0.3, -0.25) is 9.59 Å². The fourth-order valence-electron chi connectivity index (χ4n) is 4.46. The number of nitrogens with zero attached hydrogens (tertiary/aromatic N) is 1. The van der Waals surface area contributed by atoms with E-state index in [0.717, 1.165) is 29.5 Å². The normalized spacial score (nSPS) is 12.2. The summed E-state index contributed by atoms with van der Waals surface area (Å²) in [4.78, 5) is 29.1. The number of nitrogens with one attached hydrogen (secondary N) is 1. The van der Waals surface area contributed by atoms with Crippen LogP contribution in [0.1, 0.15) is 69.2 Å². The Morgan fingerprint density at radius 2 is 1.54 bits per heavy atom. The summed E-state index contributed by atoms with van der Waals surface area (Å²) in [6.07, 6.45) is 3.17. The Labute approximate surface area is 243 Å². The van der Waals surface area contributed by atoms with E-state index in [0.29, 0.717) is 35.9 Å². The van der Waals surface area contributed by atoms with Gasteiger partial charge in [-0.05, 0) is 52.6 Å². The molecule has 3 aromatic carbocycles. The van der Waals surface area contributed by atoms with E-state index in [1.165, 1.54) is 5.56 Å². The molecule has 39 heavy (non-hydrogen) atoms. The molecule has 4 nitrogen and oxygen atoms in total. The molecule has 0 aliphatic rings. The Hall–Kier alpha value is -2.82. The summed E-state index contributed by atoms with van der Waals surface area (Å²) in [5.74, 6) is -0.220. The first-order valence-corrected chi connectivity index (χ1v) is 14.5. The molecule has 0 bridgehead atoms. The molecule has 0 heterocycles. The van der Waals surface area contributed by atoms with Crippen LogP contribution in [0.2, 0.25) is 10.0 Å². The van der Waals surface area contributed by atoms with Gasteiger partial charge in [-0.1, -0.05) is 118 Å². The van der Waals surface area contributed by atoms with Gasteiger partial charge >= 0.3 is 0 Å². The SMILES string of the molecule is CCCCNC(=O)C(Cc1ccccc1)N(Cc1ccc(Cl)c(Cl)c1)C(=O)CCc1ccc(C(C)(C)C)cc1. The summed E-state index contributed by atoms with van der Waals surface area (Å²) >= 11 is 12.5. The molecule has 1 N–H and O–H groups in total. The van der Waals surface area contributed by atoms with E-state index in [-0.39, 0.29) is 23.8 Å². The molecule has 208 valence electrons. The number of aryl methyl sites for hydroxylation is 1. The second-order valence-electron chi connectivity index (χ2n) is 11.1. The Balaban J connectivity index is 1.88. The lowest BCUT2D eigenvalue weighted by Gasteiger charge is -2.32. The van der Waals surface area contributed by atoms with Crippen LogP contribution in [-0.4, -0.2) is 29.3 Å². The monoisotopic (exact) mass is 566 g/mol. The van der Waals surface area contributed by atoms with E-state index in [2.05, 4.69) is 57.3 Å². The molecule has 0 radical (unpaired) electrons. The molecule has 0 aromatic heterocycles. The van der Waals surface area contributed by atoms with Crippen molar-refractivity contribution in [1.29, 1.82) is 0 Å². The quantitative estimate of drug-likeness (QED) is 0.227. The minimum atomic E-state index is -0.658. The molecule has 3 rings (SSSR count). The van der Waals surface area contributed by atoms with Crippen molar-refractivity contribution in [2.45, 2.75) is 77.8 Å². The second-order valence-corrected chi connectivity index (χ2v) is 11.9. The molecule has 0 aliphatic carbocycles. The summed E-state index contributed by atoms with van der Waals surface area (Å²) < 4.78 is 0. The van der Waals surface area contributed by atoms with Crippen molar-refractivity contribution in [1.82, 2.24) is 10.2 Å². The van der Waals surface area contributed by atoms with Crippen LogP contribution in [0, 0.1) is 0 Å². The molecule has 0 spiro atoms. The van der Waals surface area contributed by atoms with Crippen molar-refractivity contribution in [3.63, 3.8) is 0 Å². The van der Waals surface area contributed by atoms with E-state index in [1.807, 2.05) is 36.4 Å². The third-order valence-corrected chi connectivity index (χ3v) is 7.62. The highest BCUT2D eigenvalue weighted by Gasteiger charge is 2.30. The number of carbonyl (C=O) groups excluding carboxylic acids is 2. The summed E-state index contributed by atoms with van der Waals surface area (Å²) in [5, 5.41) is 3.94. The van der Waals surface area contributed by atoms with E-state index in [4.69, 9.17) is 23.2 Å². The van der Waals surface area contributed by atoms with Gasteiger partial charge in [0, 0.05) is 25.9 Å². The van der Waals surface area contributed by atoms with Gasteiger partial charge in [0.1, 0.15) is 6.04 Å². The van der Waals surface area contributed by atoms with Gasteiger partial charge < -0.3 is 10.2 Å². The first kappa shape index (κ1) is 30.7. The topological polar surface area (TPSA) is 49.4 Å². The molecular formula is C33H40Cl2N2O2. The van der Waals surface area contributed by atoms with E-state index in [1.54, 1.807) is 17.0 Å². The van der Waals surface area contributed by atoms with Crippen LogP contribution < -0.4 is 5.32 Å². The van der Waals surface area contributed by atoms with Crippen molar-refractivity contribution >= 4 is 35.0 Å². The van der Waals surface area contributed by atoms with Crippen LogP contribution >= 0.6 is 23.2 Å². The summed E-state index contributed by atoms with van der Waals surface area (Å²) in [6.45, 7) is 9.48. The zero-order chi connectivity index (χ0) is 28.4. The maximum absolute atomic E-state index is 13.9. The predicted molar refractivity (Wildman–Crippen MR) is 162 cm³/mol. The highest BCUT2D eigenvalue weighted by molar-refractivity contribution is 6.42. The predicted octanol–water partition coefficient (Wildman–Crippen LogP) is 7.78. The number of unbranched alkanes of at least 4 members (excludes halogenated alkanes) is 1. The molecule has 1 unspecified atom stereocenters. The largest absolute Gasteiger partial charge is 0.354 e. The smallest absolute Gasteiger partial charge is 0.243 e. The number of carbonyl (C=O) groups is 2. The molecule has 0 saturated carbocycles. The van der Waals surface area contributed by atoms with E-state index < -0.39 is 6.04 Å². The standard InChI is InChI=1S/C33H40Cl2N2O2/c1-5-6-20-36-32(39)30(22-25-10-8-7-9-11-25)37(23-26-14-18-28(34)29(35)21-26)31(38)19-15-24-12-16-27(17-13-24)33(2,3)4/h7-14,16-18,21,30H,5-6,15,19-20,22-23H2,1-4H3,(H,36,39). The van der Waals surface area contributed by atoms with Crippen molar-refractivity contribution in [2.75, 3.05) is 6.54 Å². The number of rotatable bonds is 12. The van der Waals surface area contributed by atoms with Gasteiger partial charge in [0.25, 0.3) is 0 Å². The lowest BCUT2D eigenvalue weighted by molar-refractivity contribution is -0.141. The third-order valence-electron chi connectivity index (χ3n) is 6.89. The van der Waals surface area contributed by atoms with E-state index >= 15 is 0 Å². The summed E-state index contributed by atoms with van der Waals surface area (Å²) in [5.41, 5.74) is 4.24. The van der Waals surface area contributed by atoms with Crippen LogP contribution in [-0.2, 0) is 34.4 Å². The Morgan fingerprint density at radius 1 is 0.872 bits per heavy atom. The summed E-state index contributed by atoms with van der Waals surface area (Å²) in [6, 6.07) is 23.0. The van der Waals surface area contributed by atoms with Crippen molar-refractivity contribution < 1.29 is 9.59 Å². The zero-order valence-corrected chi connectivity index (χ0v) is 25.0. The molecule has 2 amide bonds. The van der Waals surface area contributed by atoms with Gasteiger partial charge in [-0.15, -0.1) is 0 Å².